The quantitative estimate of drug-likeness (QED) is 0.804. The molecule has 1 aliphatic carbocycles. The smallest absolute Gasteiger partial charge is 0.246 e. The molecule has 3 nitrogen and oxygen atoms in total. The summed E-state index contributed by atoms with van der Waals surface area (Å²) in [6.45, 7) is 0.151. The summed E-state index contributed by atoms with van der Waals surface area (Å²) in [4.78, 5) is 11.2. The highest BCUT2D eigenvalue weighted by molar-refractivity contribution is 5.78. The number of benzene rings is 1. The number of methoxy groups -OCH3 is 1. The molecule has 0 aromatic heterocycles. The molecule has 0 spiro atoms. The van der Waals surface area contributed by atoms with Gasteiger partial charge in [0.15, 0.2) is 0 Å². The van der Waals surface area contributed by atoms with Crippen LogP contribution in [0.4, 0.5) is 0 Å². The van der Waals surface area contributed by atoms with E-state index in [1.165, 1.54) is 12.7 Å². The number of hydrogen-bond donors (Lipinski definition) is 1. The zero-order valence-corrected chi connectivity index (χ0v) is 8.77. The summed E-state index contributed by atoms with van der Waals surface area (Å²) in [7, 11) is 1.53. The van der Waals surface area contributed by atoms with E-state index in [-0.39, 0.29) is 12.5 Å². The van der Waals surface area contributed by atoms with E-state index in [9.17, 15) is 4.79 Å². The van der Waals surface area contributed by atoms with Crippen molar-refractivity contribution < 1.29 is 9.53 Å². The van der Waals surface area contributed by atoms with Crippen molar-refractivity contribution in [2.75, 3.05) is 13.7 Å². The van der Waals surface area contributed by atoms with E-state index in [0.717, 1.165) is 6.42 Å². The molecule has 15 heavy (non-hydrogen) atoms. The van der Waals surface area contributed by atoms with Crippen LogP contribution in [-0.2, 0) is 9.53 Å². The first kappa shape index (κ1) is 10.2. The predicted molar refractivity (Wildman–Crippen MR) is 57.6 cm³/mol. The van der Waals surface area contributed by atoms with E-state index in [1.54, 1.807) is 0 Å². The Morgan fingerprint density at radius 3 is 2.87 bits per heavy atom. The predicted octanol–water partition coefficient (Wildman–Crippen LogP) is 1.31. The van der Waals surface area contributed by atoms with Gasteiger partial charge in [0, 0.05) is 19.1 Å². The summed E-state index contributed by atoms with van der Waals surface area (Å²) in [6.07, 6.45) is 1.04. The van der Waals surface area contributed by atoms with Gasteiger partial charge in [-0.2, -0.15) is 0 Å². The largest absolute Gasteiger partial charge is 0.375 e. The number of ether oxygens (including phenoxy) is 1. The average Bonchev–Trinajstić information content (AvgIpc) is 2.99. The van der Waals surface area contributed by atoms with Gasteiger partial charge < -0.3 is 10.1 Å². The zero-order chi connectivity index (χ0) is 10.7. The van der Waals surface area contributed by atoms with Crippen molar-refractivity contribution in [3.63, 3.8) is 0 Å². The molecule has 1 amide bonds. The maximum absolute atomic E-state index is 11.2. The van der Waals surface area contributed by atoms with Crippen LogP contribution < -0.4 is 5.32 Å². The fourth-order valence-corrected chi connectivity index (χ4v) is 1.80. The van der Waals surface area contributed by atoms with E-state index in [1.807, 2.05) is 18.2 Å². The third-order valence-corrected chi connectivity index (χ3v) is 2.64. The van der Waals surface area contributed by atoms with Gasteiger partial charge in [-0.25, -0.2) is 0 Å². The van der Waals surface area contributed by atoms with Crippen LogP contribution in [0.15, 0.2) is 30.3 Å². The fourth-order valence-electron chi connectivity index (χ4n) is 1.80. The lowest BCUT2D eigenvalue weighted by Crippen LogP contribution is -2.29. The van der Waals surface area contributed by atoms with Crippen LogP contribution in [0.5, 0.6) is 0 Å². The standard InChI is InChI=1S/C12H15NO2/c1-15-8-12(14)13-11-7-10(11)9-5-3-2-4-6-9/h2-6,10-11H,7-8H2,1H3,(H,13,14)/t10-,11-/m1/s1. The highest BCUT2D eigenvalue weighted by Gasteiger charge is 2.39. The number of carbonyl (C=O) groups is 1. The molecule has 0 radical (unpaired) electrons. The Kier molecular flexibility index (Phi) is 3.02. The molecule has 1 fully saturated rings. The zero-order valence-electron chi connectivity index (χ0n) is 8.77. The van der Waals surface area contributed by atoms with Gasteiger partial charge in [-0.1, -0.05) is 30.3 Å². The van der Waals surface area contributed by atoms with Crippen LogP contribution in [-0.4, -0.2) is 25.7 Å². The molecule has 1 aromatic rings. The minimum Gasteiger partial charge on any atom is -0.375 e. The molecular formula is C12H15NO2. The number of rotatable bonds is 4. The second-order valence-electron chi connectivity index (χ2n) is 3.86. The van der Waals surface area contributed by atoms with Crippen molar-refractivity contribution in [3.8, 4) is 0 Å². The molecule has 80 valence electrons. The molecule has 0 saturated heterocycles. The Hall–Kier alpha value is -1.35. The Morgan fingerprint density at radius 1 is 1.47 bits per heavy atom. The monoisotopic (exact) mass is 205 g/mol. The van der Waals surface area contributed by atoms with Gasteiger partial charge in [0.1, 0.15) is 6.61 Å². The second-order valence-corrected chi connectivity index (χ2v) is 3.86. The minimum atomic E-state index is -0.0269. The van der Waals surface area contributed by atoms with E-state index in [4.69, 9.17) is 4.74 Å². The first-order valence-corrected chi connectivity index (χ1v) is 5.14. The molecule has 1 N–H and O–H groups in total. The van der Waals surface area contributed by atoms with Crippen molar-refractivity contribution in [2.45, 2.75) is 18.4 Å². The maximum atomic E-state index is 11.2. The second kappa shape index (κ2) is 4.45. The number of hydrogen-bond acceptors (Lipinski definition) is 2. The van der Waals surface area contributed by atoms with Gasteiger partial charge in [-0.3, -0.25) is 4.79 Å². The summed E-state index contributed by atoms with van der Waals surface area (Å²) < 4.78 is 4.76. The molecule has 2 rings (SSSR count). The number of nitrogens with one attached hydrogen (secondary N) is 1. The van der Waals surface area contributed by atoms with Gasteiger partial charge in [-0.05, 0) is 12.0 Å². The first-order valence-electron chi connectivity index (χ1n) is 5.14. The van der Waals surface area contributed by atoms with Crippen LogP contribution >= 0.6 is 0 Å². The molecule has 0 bridgehead atoms. The average molecular weight is 205 g/mol. The Bertz CT molecular complexity index is 337. The third kappa shape index (κ3) is 2.57. The highest BCUT2D eigenvalue weighted by atomic mass is 16.5. The van der Waals surface area contributed by atoms with Crippen LogP contribution in [0.3, 0.4) is 0 Å². The molecular weight excluding hydrogens is 190 g/mol. The topological polar surface area (TPSA) is 38.3 Å². The van der Waals surface area contributed by atoms with E-state index in [0.29, 0.717) is 12.0 Å². The summed E-state index contributed by atoms with van der Waals surface area (Å²) in [5, 5.41) is 2.94. The van der Waals surface area contributed by atoms with Crippen molar-refractivity contribution in [1.29, 1.82) is 0 Å². The Morgan fingerprint density at radius 2 is 2.20 bits per heavy atom. The third-order valence-electron chi connectivity index (χ3n) is 2.64. The van der Waals surface area contributed by atoms with Gasteiger partial charge >= 0.3 is 0 Å². The lowest BCUT2D eigenvalue weighted by molar-refractivity contribution is -0.124. The molecule has 0 heterocycles. The van der Waals surface area contributed by atoms with Crippen LogP contribution in [0.2, 0.25) is 0 Å². The van der Waals surface area contributed by atoms with E-state index in [2.05, 4.69) is 17.4 Å². The summed E-state index contributed by atoms with van der Waals surface area (Å²) in [5.41, 5.74) is 1.31. The van der Waals surface area contributed by atoms with Gasteiger partial charge in [0.2, 0.25) is 5.91 Å². The van der Waals surface area contributed by atoms with Crippen molar-refractivity contribution >= 4 is 5.91 Å². The molecule has 1 aromatic carbocycles. The number of carbonyl (C=O) groups excluding carboxylic acids is 1. The summed E-state index contributed by atoms with van der Waals surface area (Å²) >= 11 is 0. The van der Waals surface area contributed by atoms with E-state index < -0.39 is 0 Å². The fraction of sp³-hybridized carbons (Fsp3) is 0.417. The van der Waals surface area contributed by atoms with Gasteiger partial charge in [-0.15, -0.1) is 0 Å². The first-order chi connectivity index (χ1) is 7.31. The lowest BCUT2D eigenvalue weighted by atomic mass is 10.1. The molecule has 3 heteroatoms. The molecule has 2 atom stereocenters. The van der Waals surface area contributed by atoms with E-state index >= 15 is 0 Å². The SMILES string of the molecule is COCC(=O)N[C@@H]1C[C@@H]1c1ccccc1. The van der Waals surface area contributed by atoms with Crippen molar-refractivity contribution in [1.82, 2.24) is 5.32 Å². The van der Waals surface area contributed by atoms with Gasteiger partial charge in [0.05, 0.1) is 0 Å². The molecule has 1 saturated carbocycles. The van der Waals surface area contributed by atoms with Crippen LogP contribution in [0.25, 0.3) is 0 Å². The Labute approximate surface area is 89.4 Å². The lowest BCUT2D eigenvalue weighted by Gasteiger charge is -2.03. The summed E-state index contributed by atoms with van der Waals surface area (Å²) in [6, 6.07) is 10.6. The van der Waals surface area contributed by atoms with Gasteiger partial charge in [0.25, 0.3) is 0 Å². The summed E-state index contributed by atoms with van der Waals surface area (Å²) in [5.74, 6) is 0.466. The van der Waals surface area contributed by atoms with Crippen LogP contribution in [0, 0.1) is 0 Å². The molecule has 0 aliphatic heterocycles. The number of amides is 1. The van der Waals surface area contributed by atoms with Crippen molar-refractivity contribution in [3.05, 3.63) is 35.9 Å². The normalized spacial score (nSPS) is 23.5. The van der Waals surface area contributed by atoms with Crippen molar-refractivity contribution in [2.24, 2.45) is 0 Å². The highest BCUT2D eigenvalue weighted by Crippen LogP contribution is 2.40. The van der Waals surface area contributed by atoms with Crippen LogP contribution in [0.1, 0.15) is 17.9 Å². The molecule has 0 unspecified atom stereocenters. The molecule has 1 aliphatic rings. The minimum absolute atomic E-state index is 0.0269. The maximum Gasteiger partial charge on any atom is 0.246 e. The Balaban J connectivity index is 1.84.